The summed E-state index contributed by atoms with van der Waals surface area (Å²) in [4.78, 5) is 2.39. The Morgan fingerprint density at radius 1 is 0.600 bits per heavy atom. The van der Waals surface area contributed by atoms with Gasteiger partial charge in [-0.05, 0) is 60.0 Å². The predicted molar refractivity (Wildman–Crippen MR) is 151 cm³/mol. The lowest BCUT2D eigenvalue weighted by Gasteiger charge is -2.36. The maximum atomic E-state index is 13.8. The van der Waals surface area contributed by atoms with Crippen molar-refractivity contribution in [1.29, 1.82) is 0 Å². The van der Waals surface area contributed by atoms with Crippen LogP contribution in [0, 0.1) is 0 Å². The Hall–Kier alpha value is -3.32. The molecule has 10 nitrogen and oxygen atoms in total. The molecule has 0 radical (unpaired) electrons. The van der Waals surface area contributed by atoms with Crippen molar-refractivity contribution in [2.75, 3.05) is 59.0 Å². The van der Waals surface area contributed by atoms with Crippen molar-refractivity contribution in [2.24, 2.45) is 0 Å². The Morgan fingerprint density at radius 2 is 1.20 bits per heavy atom. The van der Waals surface area contributed by atoms with Gasteiger partial charge >= 0.3 is 0 Å². The molecule has 2 aliphatic rings. The number of anilines is 1. The van der Waals surface area contributed by atoms with Crippen LogP contribution in [0.5, 0.6) is 17.2 Å². The molecule has 12 heteroatoms. The number of piperazine rings is 1. The minimum absolute atomic E-state index is 0.159. The Labute approximate surface area is 235 Å². The lowest BCUT2D eigenvalue weighted by atomic mass is 10.0. The molecule has 40 heavy (non-hydrogen) atoms. The second-order valence-electron chi connectivity index (χ2n) is 9.60. The average Bonchev–Trinajstić information content (AvgIpc) is 3.00. The molecular weight excluding hydrogens is 554 g/mol. The van der Waals surface area contributed by atoms with Crippen LogP contribution < -0.4 is 19.1 Å². The van der Waals surface area contributed by atoms with Crippen molar-refractivity contribution in [1.82, 2.24) is 8.61 Å². The Balaban J connectivity index is 1.37. The van der Waals surface area contributed by atoms with Crippen molar-refractivity contribution >= 4 is 25.7 Å². The van der Waals surface area contributed by atoms with E-state index >= 15 is 0 Å². The van der Waals surface area contributed by atoms with E-state index < -0.39 is 20.0 Å². The predicted octanol–water partition coefficient (Wildman–Crippen LogP) is 2.97. The van der Waals surface area contributed by atoms with Crippen molar-refractivity contribution < 1.29 is 31.0 Å². The summed E-state index contributed by atoms with van der Waals surface area (Å²) in [5.41, 5.74) is 2.52. The highest BCUT2D eigenvalue weighted by molar-refractivity contribution is 7.89. The third kappa shape index (κ3) is 5.24. The molecule has 0 saturated carbocycles. The van der Waals surface area contributed by atoms with Gasteiger partial charge in [-0.25, -0.2) is 16.8 Å². The van der Waals surface area contributed by atoms with Crippen LogP contribution in [-0.2, 0) is 33.0 Å². The molecule has 5 rings (SSSR count). The fraction of sp³-hybridized carbons (Fsp3) is 0.357. The van der Waals surface area contributed by atoms with E-state index in [4.69, 9.17) is 14.2 Å². The van der Waals surface area contributed by atoms with Crippen LogP contribution in [-0.4, -0.2) is 79.5 Å². The normalized spacial score (nSPS) is 16.8. The highest BCUT2D eigenvalue weighted by Crippen LogP contribution is 2.37. The third-order valence-electron chi connectivity index (χ3n) is 7.43. The molecular formula is C28H33N3O7S2. The number of ether oxygens (including phenoxy) is 3. The number of hydrogen-bond acceptors (Lipinski definition) is 8. The van der Waals surface area contributed by atoms with Crippen LogP contribution >= 0.6 is 0 Å². The van der Waals surface area contributed by atoms with Gasteiger partial charge in [0.05, 0.1) is 36.8 Å². The molecule has 0 aliphatic carbocycles. The first kappa shape index (κ1) is 28.2. The van der Waals surface area contributed by atoms with Gasteiger partial charge in [-0.3, -0.25) is 0 Å². The van der Waals surface area contributed by atoms with E-state index in [-0.39, 0.29) is 29.4 Å². The van der Waals surface area contributed by atoms with Crippen LogP contribution in [0.1, 0.15) is 11.1 Å². The molecule has 1 fully saturated rings. The number of methoxy groups -OCH3 is 3. The van der Waals surface area contributed by atoms with Crippen molar-refractivity contribution in [3.05, 3.63) is 71.8 Å². The van der Waals surface area contributed by atoms with Gasteiger partial charge in [-0.15, -0.1) is 0 Å². The second kappa shape index (κ2) is 11.3. The minimum atomic E-state index is -3.82. The quantitative estimate of drug-likeness (QED) is 0.396. The number of hydrogen-bond donors (Lipinski definition) is 0. The van der Waals surface area contributed by atoms with Gasteiger partial charge in [0.1, 0.15) is 5.75 Å². The molecule has 3 aromatic rings. The number of benzene rings is 3. The van der Waals surface area contributed by atoms with Gasteiger partial charge < -0.3 is 19.1 Å². The largest absolute Gasteiger partial charge is 0.495 e. The lowest BCUT2D eigenvalue weighted by molar-refractivity contribution is 0.348. The van der Waals surface area contributed by atoms with Gasteiger partial charge in [0, 0.05) is 39.3 Å². The molecule has 0 amide bonds. The molecule has 2 heterocycles. The Kier molecular flexibility index (Phi) is 7.96. The van der Waals surface area contributed by atoms with E-state index in [9.17, 15) is 16.8 Å². The topological polar surface area (TPSA) is 106 Å². The van der Waals surface area contributed by atoms with E-state index in [0.717, 1.165) is 11.1 Å². The Morgan fingerprint density at radius 3 is 1.82 bits per heavy atom. The zero-order valence-corrected chi connectivity index (χ0v) is 24.4. The number of rotatable bonds is 8. The summed E-state index contributed by atoms with van der Waals surface area (Å²) in [5.74, 6) is 1.70. The zero-order chi connectivity index (χ0) is 28.5. The SMILES string of the molecule is COc1cc2c(cc1OC)CN(S(=O)(=O)c1ccc(OC)c(N3CCN(S(=O)(=O)c4ccccc4)CC3)c1)CC2. The fourth-order valence-corrected chi connectivity index (χ4v) is 8.08. The summed E-state index contributed by atoms with van der Waals surface area (Å²) in [7, 11) is -2.77. The number of fused-ring (bicyclic) bond motifs is 1. The van der Waals surface area contributed by atoms with Crippen molar-refractivity contribution in [3.8, 4) is 17.2 Å². The molecule has 0 spiro atoms. The summed E-state index contributed by atoms with van der Waals surface area (Å²) in [6.45, 7) is 1.88. The smallest absolute Gasteiger partial charge is 0.243 e. The highest BCUT2D eigenvalue weighted by atomic mass is 32.2. The fourth-order valence-electron chi connectivity index (χ4n) is 5.20. The first-order valence-corrected chi connectivity index (χ1v) is 15.8. The van der Waals surface area contributed by atoms with Crippen LogP contribution in [0.2, 0.25) is 0 Å². The van der Waals surface area contributed by atoms with Crippen LogP contribution in [0.25, 0.3) is 0 Å². The molecule has 2 aliphatic heterocycles. The lowest BCUT2D eigenvalue weighted by Crippen LogP contribution is -2.48. The van der Waals surface area contributed by atoms with Gasteiger partial charge in [0.25, 0.3) is 0 Å². The minimum Gasteiger partial charge on any atom is -0.495 e. The van der Waals surface area contributed by atoms with Gasteiger partial charge in [0.2, 0.25) is 20.0 Å². The monoisotopic (exact) mass is 587 g/mol. The van der Waals surface area contributed by atoms with Gasteiger partial charge in [-0.1, -0.05) is 18.2 Å². The maximum absolute atomic E-state index is 13.8. The van der Waals surface area contributed by atoms with E-state index in [2.05, 4.69) is 0 Å². The molecule has 3 aromatic carbocycles. The number of sulfonamides is 2. The molecule has 0 N–H and O–H groups in total. The first-order chi connectivity index (χ1) is 19.2. The average molecular weight is 588 g/mol. The van der Waals surface area contributed by atoms with Crippen LogP contribution in [0.3, 0.4) is 0 Å². The third-order valence-corrected chi connectivity index (χ3v) is 11.2. The number of nitrogens with zero attached hydrogens (tertiary/aromatic N) is 3. The summed E-state index contributed by atoms with van der Waals surface area (Å²) in [6.07, 6.45) is 0.551. The van der Waals surface area contributed by atoms with Crippen molar-refractivity contribution in [2.45, 2.75) is 22.8 Å². The summed E-state index contributed by atoms with van der Waals surface area (Å²) in [6, 6.07) is 16.9. The second-order valence-corrected chi connectivity index (χ2v) is 13.5. The molecule has 0 aromatic heterocycles. The van der Waals surface area contributed by atoms with Crippen LogP contribution in [0.4, 0.5) is 5.69 Å². The van der Waals surface area contributed by atoms with E-state index in [1.54, 1.807) is 62.8 Å². The maximum Gasteiger partial charge on any atom is 0.243 e. The first-order valence-electron chi connectivity index (χ1n) is 12.9. The highest BCUT2D eigenvalue weighted by Gasteiger charge is 2.32. The molecule has 0 unspecified atom stereocenters. The van der Waals surface area contributed by atoms with E-state index in [0.29, 0.717) is 49.0 Å². The Bertz CT molecular complexity index is 1590. The standard InChI is InChI=1S/C28H33N3O7S2/c1-36-26-10-9-24(40(34,35)31-12-11-21-17-27(37-2)28(38-3)18-22(21)20-31)19-25(26)29-13-15-30(16-14-29)39(32,33)23-7-5-4-6-8-23/h4-10,17-19H,11-16,20H2,1-3H3. The summed E-state index contributed by atoms with van der Waals surface area (Å²) >= 11 is 0. The summed E-state index contributed by atoms with van der Waals surface area (Å²) < 4.78 is 73.0. The van der Waals surface area contributed by atoms with E-state index in [1.165, 1.54) is 15.7 Å². The summed E-state index contributed by atoms with van der Waals surface area (Å²) in [5, 5.41) is 0. The van der Waals surface area contributed by atoms with Crippen LogP contribution in [0.15, 0.2) is 70.5 Å². The molecule has 0 bridgehead atoms. The molecule has 1 saturated heterocycles. The van der Waals surface area contributed by atoms with E-state index in [1.807, 2.05) is 17.0 Å². The zero-order valence-electron chi connectivity index (χ0n) is 22.7. The van der Waals surface area contributed by atoms with Gasteiger partial charge in [-0.2, -0.15) is 8.61 Å². The molecule has 0 atom stereocenters. The van der Waals surface area contributed by atoms with Gasteiger partial charge in [0.15, 0.2) is 11.5 Å². The molecule has 214 valence electrons. The van der Waals surface area contributed by atoms with Crippen molar-refractivity contribution in [3.63, 3.8) is 0 Å².